The highest BCUT2D eigenvalue weighted by Gasteiger charge is 2.46. The number of hydrogen-bond acceptors (Lipinski definition) is 4. The van der Waals surface area contributed by atoms with Gasteiger partial charge in [-0.25, -0.2) is 0 Å². The largest absolute Gasteiger partial charge is 0.480 e. The average Bonchev–Trinajstić information content (AvgIpc) is 2.99. The van der Waals surface area contributed by atoms with E-state index in [-0.39, 0.29) is 11.5 Å². The van der Waals surface area contributed by atoms with Crippen LogP contribution in [-0.2, 0) is 17.9 Å². The van der Waals surface area contributed by atoms with E-state index in [0.29, 0.717) is 12.5 Å². The number of piperidine rings is 1. The number of likely N-dealkylation sites (tertiary alicyclic amines) is 2. The molecule has 0 amide bonds. The maximum absolute atomic E-state index is 11.9. The van der Waals surface area contributed by atoms with Gasteiger partial charge in [-0.1, -0.05) is 38.1 Å². The van der Waals surface area contributed by atoms with Gasteiger partial charge in [0.1, 0.15) is 6.04 Å². The number of nitrogens with zero attached hydrogens (tertiary/aromatic N) is 2. The number of carboxylic acid groups (broad SMARTS) is 1. The van der Waals surface area contributed by atoms with Crippen LogP contribution in [0.3, 0.4) is 0 Å². The quantitative estimate of drug-likeness (QED) is 0.817. The molecule has 0 radical (unpaired) electrons. The Morgan fingerprint density at radius 1 is 1.23 bits per heavy atom. The summed E-state index contributed by atoms with van der Waals surface area (Å²) in [5.74, 6) is -0.150. The van der Waals surface area contributed by atoms with Crippen LogP contribution in [0.25, 0.3) is 0 Å². The summed E-state index contributed by atoms with van der Waals surface area (Å²) >= 11 is 0. The maximum Gasteiger partial charge on any atom is 0.320 e. The number of nitrogens with two attached hydrogens (primary N) is 1. The molecule has 2 saturated heterocycles. The Balaban J connectivity index is 1.62. The van der Waals surface area contributed by atoms with E-state index in [1.165, 1.54) is 5.56 Å². The Hall–Kier alpha value is -1.43. The van der Waals surface area contributed by atoms with Crippen LogP contribution in [0.1, 0.15) is 44.2 Å². The van der Waals surface area contributed by atoms with Gasteiger partial charge in [-0.15, -0.1) is 0 Å². The van der Waals surface area contributed by atoms with E-state index in [1.54, 1.807) is 0 Å². The molecular weight excluding hydrogens is 326 g/mol. The molecular formula is C21H33N3O2. The average molecular weight is 360 g/mol. The Kier molecular flexibility index (Phi) is 6.00. The fourth-order valence-electron chi connectivity index (χ4n) is 4.68. The first-order valence-corrected chi connectivity index (χ1v) is 9.88. The van der Waals surface area contributed by atoms with Gasteiger partial charge in [0.2, 0.25) is 0 Å². The highest BCUT2D eigenvalue weighted by molar-refractivity contribution is 5.73. The molecule has 0 aromatic heterocycles. The summed E-state index contributed by atoms with van der Waals surface area (Å²) in [5.41, 5.74) is 8.32. The minimum Gasteiger partial charge on any atom is -0.480 e. The van der Waals surface area contributed by atoms with Gasteiger partial charge in [0.05, 0.1) is 0 Å². The minimum atomic E-state index is -0.652. The normalized spacial score (nSPS) is 27.5. The second-order valence-electron chi connectivity index (χ2n) is 8.68. The Morgan fingerprint density at radius 3 is 2.50 bits per heavy atom. The van der Waals surface area contributed by atoms with Gasteiger partial charge in [-0.2, -0.15) is 0 Å². The smallest absolute Gasteiger partial charge is 0.320 e. The van der Waals surface area contributed by atoms with Crippen LogP contribution in [0.5, 0.6) is 0 Å². The van der Waals surface area contributed by atoms with Crippen LogP contribution in [0.15, 0.2) is 24.3 Å². The van der Waals surface area contributed by atoms with Crippen molar-refractivity contribution >= 4 is 5.97 Å². The molecule has 5 nitrogen and oxygen atoms in total. The molecule has 1 spiro atoms. The third-order valence-electron chi connectivity index (χ3n) is 6.06. The molecule has 1 aromatic carbocycles. The summed E-state index contributed by atoms with van der Waals surface area (Å²) in [5, 5.41) is 9.75. The molecule has 2 heterocycles. The number of aliphatic carboxylic acids is 1. The summed E-state index contributed by atoms with van der Waals surface area (Å²) in [4.78, 5) is 16.5. The van der Waals surface area contributed by atoms with Crippen molar-refractivity contribution < 1.29 is 9.90 Å². The number of rotatable bonds is 6. The number of hydrogen-bond donors (Lipinski definition) is 2. The molecule has 0 aliphatic carbocycles. The topological polar surface area (TPSA) is 69.8 Å². The lowest BCUT2D eigenvalue weighted by Gasteiger charge is -2.44. The van der Waals surface area contributed by atoms with Crippen molar-refractivity contribution in [2.75, 3.05) is 26.2 Å². The van der Waals surface area contributed by atoms with Gasteiger partial charge in [0.15, 0.2) is 0 Å². The molecule has 0 bridgehead atoms. The standard InChI is InChI=1S/C21H33N3O2/c1-16(2)13-24-10-8-21(11-19(24)20(25)26)7-9-23(15-21)14-18-5-3-17(12-22)4-6-18/h3-6,16,19H,7-15,22H2,1-2H3,(H,25,26). The lowest BCUT2D eigenvalue weighted by Crippen LogP contribution is -2.52. The highest BCUT2D eigenvalue weighted by atomic mass is 16.4. The summed E-state index contributed by atoms with van der Waals surface area (Å²) in [7, 11) is 0. The fraction of sp³-hybridized carbons (Fsp3) is 0.667. The van der Waals surface area contributed by atoms with Crippen molar-refractivity contribution in [2.24, 2.45) is 17.1 Å². The molecule has 3 N–H and O–H groups in total. The van der Waals surface area contributed by atoms with Crippen molar-refractivity contribution in [3.63, 3.8) is 0 Å². The Bertz CT molecular complexity index is 616. The van der Waals surface area contributed by atoms with Crippen LogP contribution in [0.2, 0.25) is 0 Å². The third-order valence-corrected chi connectivity index (χ3v) is 6.06. The van der Waals surface area contributed by atoms with E-state index in [0.717, 1.165) is 57.5 Å². The first-order chi connectivity index (χ1) is 12.4. The molecule has 2 atom stereocenters. The van der Waals surface area contributed by atoms with Crippen LogP contribution in [0, 0.1) is 11.3 Å². The van der Waals surface area contributed by atoms with E-state index in [2.05, 4.69) is 47.9 Å². The zero-order valence-corrected chi connectivity index (χ0v) is 16.2. The molecule has 1 aromatic rings. The lowest BCUT2D eigenvalue weighted by molar-refractivity contribution is -0.147. The van der Waals surface area contributed by atoms with Gasteiger partial charge in [0, 0.05) is 26.2 Å². The lowest BCUT2D eigenvalue weighted by atomic mass is 9.74. The number of benzene rings is 1. The molecule has 26 heavy (non-hydrogen) atoms. The van der Waals surface area contributed by atoms with Crippen LogP contribution in [-0.4, -0.2) is 53.1 Å². The van der Waals surface area contributed by atoms with Crippen LogP contribution in [0.4, 0.5) is 0 Å². The SMILES string of the molecule is CC(C)CN1CCC2(CCN(Cc3ccc(CN)cc3)C2)CC1C(=O)O. The molecule has 2 aliphatic rings. The summed E-state index contributed by atoms with van der Waals surface area (Å²) in [6.45, 7) is 9.72. The number of carbonyl (C=O) groups is 1. The van der Waals surface area contributed by atoms with Crippen molar-refractivity contribution in [3.05, 3.63) is 35.4 Å². The predicted molar refractivity (Wildman–Crippen MR) is 104 cm³/mol. The van der Waals surface area contributed by atoms with Crippen molar-refractivity contribution in [3.8, 4) is 0 Å². The van der Waals surface area contributed by atoms with Crippen molar-refractivity contribution in [2.45, 2.75) is 52.2 Å². The van der Waals surface area contributed by atoms with E-state index in [9.17, 15) is 9.90 Å². The predicted octanol–water partition coefficient (Wildman–Crippen LogP) is 2.54. The molecule has 5 heteroatoms. The van der Waals surface area contributed by atoms with Crippen LogP contribution >= 0.6 is 0 Å². The second-order valence-corrected chi connectivity index (χ2v) is 8.68. The summed E-state index contributed by atoms with van der Waals surface area (Å²) in [6, 6.07) is 8.21. The Labute approximate surface area is 157 Å². The minimum absolute atomic E-state index is 0.174. The van der Waals surface area contributed by atoms with Gasteiger partial charge in [-0.05, 0) is 54.8 Å². The molecule has 0 saturated carbocycles. The second kappa shape index (κ2) is 8.07. The zero-order chi connectivity index (χ0) is 18.7. The van der Waals surface area contributed by atoms with Gasteiger partial charge >= 0.3 is 5.97 Å². The zero-order valence-electron chi connectivity index (χ0n) is 16.2. The Morgan fingerprint density at radius 2 is 1.88 bits per heavy atom. The van der Waals surface area contributed by atoms with E-state index < -0.39 is 5.97 Å². The first-order valence-electron chi connectivity index (χ1n) is 9.88. The van der Waals surface area contributed by atoms with Gasteiger partial charge in [-0.3, -0.25) is 14.6 Å². The van der Waals surface area contributed by atoms with E-state index in [1.807, 2.05) is 0 Å². The molecule has 2 unspecified atom stereocenters. The van der Waals surface area contributed by atoms with Gasteiger partial charge < -0.3 is 10.8 Å². The maximum atomic E-state index is 11.9. The van der Waals surface area contributed by atoms with E-state index >= 15 is 0 Å². The van der Waals surface area contributed by atoms with Crippen molar-refractivity contribution in [1.82, 2.24) is 9.80 Å². The third kappa shape index (κ3) is 4.45. The molecule has 2 fully saturated rings. The monoisotopic (exact) mass is 359 g/mol. The van der Waals surface area contributed by atoms with Crippen molar-refractivity contribution in [1.29, 1.82) is 0 Å². The van der Waals surface area contributed by atoms with E-state index in [4.69, 9.17) is 5.73 Å². The molecule has 2 aliphatic heterocycles. The van der Waals surface area contributed by atoms with Crippen LogP contribution < -0.4 is 5.73 Å². The highest BCUT2D eigenvalue weighted by Crippen LogP contribution is 2.43. The molecule has 3 rings (SSSR count). The first kappa shape index (κ1) is 19.3. The summed E-state index contributed by atoms with van der Waals surface area (Å²) in [6.07, 6.45) is 3.02. The fourth-order valence-corrected chi connectivity index (χ4v) is 4.68. The van der Waals surface area contributed by atoms with Gasteiger partial charge in [0.25, 0.3) is 0 Å². The summed E-state index contributed by atoms with van der Waals surface area (Å²) < 4.78 is 0. The number of carboxylic acids is 1. The molecule has 144 valence electrons.